The molecular formula is C11H16N4O3. The molecule has 0 spiro atoms. The highest BCUT2D eigenvalue weighted by atomic mass is 16.4. The number of aromatic carboxylic acids is 1. The first-order chi connectivity index (χ1) is 8.50. The van der Waals surface area contributed by atoms with Gasteiger partial charge in [0.15, 0.2) is 11.4 Å². The van der Waals surface area contributed by atoms with E-state index in [-0.39, 0.29) is 23.3 Å². The third kappa shape index (κ3) is 2.21. The summed E-state index contributed by atoms with van der Waals surface area (Å²) in [5.74, 6) is -1.49. The summed E-state index contributed by atoms with van der Waals surface area (Å²) in [6, 6.07) is 0.0506. The van der Waals surface area contributed by atoms with E-state index >= 15 is 0 Å². The minimum atomic E-state index is -1.17. The van der Waals surface area contributed by atoms with Crippen LogP contribution in [0.1, 0.15) is 27.9 Å². The topological polar surface area (TPSA) is 89.5 Å². The van der Waals surface area contributed by atoms with Crippen molar-refractivity contribution in [3.63, 3.8) is 0 Å². The third-order valence-electron chi connectivity index (χ3n) is 3.15. The summed E-state index contributed by atoms with van der Waals surface area (Å²) in [5.41, 5.74) is -0.162. The Bertz CT molecular complexity index is 471. The number of rotatable bonds is 2. The van der Waals surface area contributed by atoms with E-state index in [4.69, 9.17) is 5.11 Å². The lowest BCUT2D eigenvalue weighted by atomic mass is 10.1. The van der Waals surface area contributed by atoms with Crippen LogP contribution in [0.25, 0.3) is 0 Å². The second-order valence-corrected chi connectivity index (χ2v) is 4.54. The lowest BCUT2D eigenvalue weighted by Gasteiger charge is -2.37. The third-order valence-corrected chi connectivity index (χ3v) is 3.15. The van der Waals surface area contributed by atoms with Crippen molar-refractivity contribution in [2.75, 3.05) is 26.7 Å². The van der Waals surface area contributed by atoms with Crippen LogP contribution in [0.15, 0.2) is 6.33 Å². The maximum Gasteiger partial charge on any atom is 0.354 e. The standard InChI is InChI=1S/C11H16N4O3/c1-7-5-14(2)3-4-15(7)10(16)8-9(11(17)18)13-6-12-8/h6-7H,3-5H2,1-2H3,(H,12,13)(H,17,18). The number of imidazole rings is 1. The van der Waals surface area contributed by atoms with E-state index in [9.17, 15) is 9.59 Å². The SMILES string of the molecule is CC1CN(C)CCN1C(=O)c1nc[nH]c1C(=O)O. The van der Waals surface area contributed by atoms with Gasteiger partial charge in [-0.25, -0.2) is 9.78 Å². The molecule has 1 fully saturated rings. The van der Waals surface area contributed by atoms with Gasteiger partial charge in [-0.2, -0.15) is 0 Å². The molecule has 2 heterocycles. The summed E-state index contributed by atoms with van der Waals surface area (Å²) in [6.45, 7) is 4.09. The normalized spacial score (nSPS) is 21.0. The number of amides is 1. The Kier molecular flexibility index (Phi) is 3.33. The van der Waals surface area contributed by atoms with Gasteiger partial charge in [0.1, 0.15) is 0 Å². The predicted molar refractivity (Wildman–Crippen MR) is 63.5 cm³/mol. The van der Waals surface area contributed by atoms with Crippen LogP contribution in [-0.4, -0.2) is 69.5 Å². The van der Waals surface area contributed by atoms with E-state index in [1.807, 2.05) is 14.0 Å². The highest BCUT2D eigenvalue weighted by molar-refractivity contribution is 6.02. The number of nitrogens with one attached hydrogen (secondary N) is 1. The average Bonchev–Trinajstić information content (AvgIpc) is 2.77. The zero-order valence-corrected chi connectivity index (χ0v) is 10.4. The minimum absolute atomic E-state index is 0.0149. The lowest BCUT2D eigenvalue weighted by Crippen LogP contribution is -2.53. The number of hydrogen-bond acceptors (Lipinski definition) is 4. The Balaban J connectivity index is 2.21. The Hall–Kier alpha value is -1.89. The lowest BCUT2D eigenvalue weighted by molar-refractivity contribution is 0.0517. The summed E-state index contributed by atoms with van der Waals surface area (Å²) in [5, 5.41) is 8.96. The van der Waals surface area contributed by atoms with Crippen LogP contribution in [0.4, 0.5) is 0 Å². The number of hydrogen-bond donors (Lipinski definition) is 2. The molecule has 18 heavy (non-hydrogen) atoms. The van der Waals surface area contributed by atoms with E-state index in [0.717, 1.165) is 13.1 Å². The molecule has 98 valence electrons. The summed E-state index contributed by atoms with van der Waals surface area (Å²) in [7, 11) is 2.00. The van der Waals surface area contributed by atoms with E-state index in [1.165, 1.54) is 6.33 Å². The van der Waals surface area contributed by atoms with Gasteiger partial charge in [0.05, 0.1) is 6.33 Å². The van der Waals surface area contributed by atoms with E-state index < -0.39 is 5.97 Å². The molecule has 1 amide bonds. The molecular weight excluding hydrogens is 236 g/mol. The molecule has 2 N–H and O–H groups in total. The van der Waals surface area contributed by atoms with Crippen LogP contribution < -0.4 is 0 Å². The summed E-state index contributed by atoms with van der Waals surface area (Å²) in [4.78, 5) is 33.3. The highest BCUT2D eigenvalue weighted by Gasteiger charge is 2.30. The van der Waals surface area contributed by atoms with E-state index in [0.29, 0.717) is 6.54 Å². The quantitative estimate of drug-likeness (QED) is 0.766. The van der Waals surface area contributed by atoms with Crippen molar-refractivity contribution in [3.8, 4) is 0 Å². The van der Waals surface area contributed by atoms with Crippen molar-refractivity contribution in [1.82, 2.24) is 19.8 Å². The Morgan fingerprint density at radius 3 is 2.83 bits per heavy atom. The van der Waals surface area contributed by atoms with Gasteiger partial charge in [0.2, 0.25) is 0 Å². The predicted octanol–water partition coefficient (Wildman–Crippen LogP) is -0.116. The number of nitrogens with zero attached hydrogens (tertiary/aromatic N) is 3. The van der Waals surface area contributed by atoms with Crippen molar-refractivity contribution >= 4 is 11.9 Å². The van der Waals surface area contributed by atoms with Crippen LogP contribution in [0.2, 0.25) is 0 Å². The maximum atomic E-state index is 12.3. The highest BCUT2D eigenvalue weighted by Crippen LogP contribution is 2.14. The molecule has 1 aliphatic heterocycles. The monoisotopic (exact) mass is 252 g/mol. The molecule has 1 saturated heterocycles. The number of likely N-dealkylation sites (N-methyl/N-ethyl adjacent to an activating group) is 1. The molecule has 0 aromatic carbocycles. The molecule has 1 aliphatic rings. The van der Waals surface area contributed by atoms with Crippen molar-refractivity contribution in [2.24, 2.45) is 0 Å². The van der Waals surface area contributed by atoms with Crippen molar-refractivity contribution in [3.05, 3.63) is 17.7 Å². The molecule has 7 nitrogen and oxygen atoms in total. The zero-order valence-electron chi connectivity index (χ0n) is 10.4. The van der Waals surface area contributed by atoms with Gasteiger partial charge in [-0.1, -0.05) is 0 Å². The first-order valence-corrected chi connectivity index (χ1v) is 5.77. The van der Waals surface area contributed by atoms with E-state index in [2.05, 4.69) is 14.9 Å². The molecule has 2 rings (SSSR count). The van der Waals surface area contributed by atoms with Gasteiger partial charge in [0.25, 0.3) is 5.91 Å². The molecule has 0 aliphatic carbocycles. The molecule has 7 heteroatoms. The first kappa shape index (κ1) is 12.6. The molecule has 1 atom stereocenters. The number of carboxylic acid groups (broad SMARTS) is 1. The van der Waals surface area contributed by atoms with Gasteiger partial charge in [-0.05, 0) is 14.0 Å². The van der Waals surface area contributed by atoms with Crippen molar-refractivity contribution in [1.29, 1.82) is 0 Å². The Morgan fingerprint density at radius 2 is 2.22 bits per heavy atom. The van der Waals surface area contributed by atoms with Gasteiger partial charge in [-0.15, -0.1) is 0 Å². The van der Waals surface area contributed by atoms with E-state index in [1.54, 1.807) is 4.90 Å². The minimum Gasteiger partial charge on any atom is -0.477 e. The molecule has 0 radical (unpaired) electrons. The van der Waals surface area contributed by atoms with Crippen LogP contribution >= 0.6 is 0 Å². The van der Waals surface area contributed by atoms with Gasteiger partial charge in [-0.3, -0.25) is 4.79 Å². The molecule has 1 aromatic heterocycles. The molecule has 1 aromatic rings. The second kappa shape index (κ2) is 4.77. The second-order valence-electron chi connectivity index (χ2n) is 4.54. The summed E-state index contributed by atoms with van der Waals surface area (Å²) >= 11 is 0. The largest absolute Gasteiger partial charge is 0.477 e. The average molecular weight is 252 g/mol. The number of aromatic amines is 1. The summed E-state index contributed by atoms with van der Waals surface area (Å²) in [6.07, 6.45) is 1.23. The number of piperazine rings is 1. The fourth-order valence-electron chi connectivity index (χ4n) is 2.20. The Labute approximate surface area is 104 Å². The molecule has 1 unspecified atom stereocenters. The van der Waals surface area contributed by atoms with Crippen LogP contribution in [0.5, 0.6) is 0 Å². The van der Waals surface area contributed by atoms with Crippen LogP contribution in [-0.2, 0) is 0 Å². The fraction of sp³-hybridized carbons (Fsp3) is 0.545. The van der Waals surface area contributed by atoms with Gasteiger partial charge in [0, 0.05) is 25.7 Å². The number of H-pyrrole nitrogens is 1. The smallest absolute Gasteiger partial charge is 0.354 e. The van der Waals surface area contributed by atoms with Crippen LogP contribution in [0, 0.1) is 0 Å². The first-order valence-electron chi connectivity index (χ1n) is 5.77. The fourth-order valence-corrected chi connectivity index (χ4v) is 2.20. The van der Waals surface area contributed by atoms with Gasteiger partial charge < -0.3 is 19.9 Å². The Morgan fingerprint density at radius 1 is 1.50 bits per heavy atom. The zero-order chi connectivity index (χ0) is 13.3. The number of carboxylic acids is 1. The number of aromatic nitrogens is 2. The van der Waals surface area contributed by atoms with Crippen LogP contribution in [0.3, 0.4) is 0 Å². The maximum absolute atomic E-state index is 12.3. The van der Waals surface area contributed by atoms with Gasteiger partial charge >= 0.3 is 5.97 Å². The number of carbonyl (C=O) groups excluding carboxylic acids is 1. The summed E-state index contributed by atoms with van der Waals surface area (Å²) < 4.78 is 0. The van der Waals surface area contributed by atoms with Crippen molar-refractivity contribution in [2.45, 2.75) is 13.0 Å². The molecule has 0 bridgehead atoms. The van der Waals surface area contributed by atoms with Crippen molar-refractivity contribution < 1.29 is 14.7 Å². The number of carbonyl (C=O) groups is 2. The molecule has 0 saturated carbocycles.